The van der Waals surface area contributed by atoms with Gasteiger partial charge in [-0.1, -0.05) is 27.2 Å². The number of urea groups is 1. The summed E-state index contributed by atoms with van der Waals surface area (Å²) >= 11 is 0. The van der Waals surface area contributed by atoms with Gasteiger partial charge >= 0.3 is 11.7 Å². The summed E-state index contributed by atoms with van der Waals surface area (Å²) in [5.74, 6) is -0.659. The summed E-state index contributed by atoms with van der Waals surface area (Å²) in [7, 11) is 0. The first-order valence-electron chi connectivity index (χ1n) is 12.0. The highest BCUT2D eigenvalue weighted by atomic mass is 16.2. The lowest BCUT2D eigenvalue weighted by atomic mass is 9.77. The molecule has 0 bridgehead atoms. The topological polar surface area (TPSA) is 163 Å². The second kappa shape index (κ2) is 10.3. The molecule has 3 rings (SSSR count). The Hall–Kier alpha value is -3.31. The van der Waals surface area contributed by atoms with Gasteiger partial charge in [-0.2, -0.15) is 5.01 Å². The van der Waals surface area contributed by atoms with E-state index in [0.29, 0.717) is 44.7 Å². The molecule has 1 spiro atoms. The molecular weight excluding hydrogens is 442 g/mol. The number of rotatable bonds is 9. The van der Waals surface area contributed by atoms with Gasteiger partial charge in [0.15, 0.2) is 0 Å². The number of carbonyl (C=O) groups excluding carboxylic acids is 3. The van der Waals surface area contributed by atoms with Crippen LogP contribution in [0.25, 0.3) is 0 Å². The largest absolute Gasteiger partial charge is 0.383 e. The SMILES string of the molecule is CCCCn1c(N)c(N(CCC)CC(=O)NN2C(=O)NC3(CCC(C)CC3)C2=O)c(=O)[nH]c1=O. The van der Waals surface area contributed by atoms with Crippen molar-refractivity contribution in [1.82, 2.24) is 25.3 Å². The van der Waals surface area contributed by atoms with Crippen LogP contribution in [0.4, 0.5) is 16.3 Å². The Morgan fingerprint density at radius 1 is 1.18 bits per heavy atom. The van der Waals surface area contributed by atoms with Gasteiger partial charge in [-0.25, -0.2) is 9.59 Å². The van der Waals surface area contributed by atoms with E-state index in [-0.39, 0.29) is 18.1 Å². The van der Waals surface area contributed by atoms with Crippen molar-refractivity contribution < 1.29 is 14.4 Å². The van der Waals surface area contributed by atoms with Gasteiger partial charge in [-0.3, -0.25) is 29.4 Å². The Morgan fingerprint density at radius 2 is 1.85 bits per heavy atom. The van der Waals surface area contributed by atoms with Gasteiger partial charge in [0.1, 0.15) is 17.0 Å². The van der Waals surface area contributed by atoms with E-state index >= 15 is 0 Å². The van der Waals surface area contributed by atoms with Crippen molar-refractivity contribution in [2.24, 2.45) is 5.92 Å². The molecule has 4 amide bonds. The number of aromatic amines is 1. The molecule has 0 radical (unpaired) electrons. The molecule has 2 aliphatic rings. The van der Waals surface area contributed by atoms with Gasteiger partial charge in [0.05, 0.1) is 6.54 Å². The van der Waals surface area contributed by atoms with Gasteiger partial charge in [0.2, 0.25) is 0 Å². The zero-order valence-electron chi connectivity index (χ0n) is 20.1. The summed E-state index contributed by atoms with van der Waals surface area (Å²) in [5, 5.41) is 3.49. The monoisotopic (exact) mass is 477 g/mol. The molecule has 188 valence electrons. The third-order valence-corrected chi connectivity index (χ3v) is 6.62. The molecule has 1 aromatic rings. The number of anilines is 2. The summed E-state index contributed by atoms with van der Waals surface area (Å²) in [4.78, 5) is 67.0. The van der Waals surface area contributed by atoms with Crippen LogP contribution in [0.15, 0.2) is 9.59 Å². The fraction of sp³-hybridized carbons (Fsp3) is 0.682. The Labute approximate surface area is 197 Å². The second-order valence-electron chi connectivity index (χ2n) is 9.29. The van der Waals surface area contributed by atoms with Crippen LogP contribution in [0.3, 0.4) is 0 Å². The van der Waals surface area contributed by atoms with Crippen molar-refractivity contribution in [2.45, 2.75) is 77.8 Å². The van der Waals surface area contributed by atoms with Crippen molar-refractivity contribution in [1.29, 1.82) is 0 Å². The van der Waals surface area contributed by atoms with E-state index in [4.69, 9.17) is 5.73 Å². The number of hydrogen-bond acceptors (Lipinski definition) is 7. The molecule has 1 saturated heterocycles. The van der Waals surface area contributed by atoms with Crippen molar-refractivity contribution in [3.05, 3.63) is 20.8 Å². The van der Waals surface area contributed by atoms with Crippen LogP contribution in [0.2, 0.25) is 0 Å². The maximum Gasteiger partial charge on any atom is 0.344 e. The normalized spacial score (nSPS) is 22.2. The highest BCUT2D eigenvalue weighted by Gasteiger charge is 2.52. The van der Waals surface area contributed by atoms with Crippen LogP contribution in [-0.2, 0) is 16.1 Å². The average molecular weight is 478 g/mol. The standard InChI is InChI=1S/C22H35N7O5/c1-4-6-12-28-17(23)16(18(31)24-20(28)33)27(11-5-2)13-15(30)26-29-19(32)22(25-21(29)34)9-7-14(3)8-10-22/h14H,4-13,23H2,1-3H3,(H,25,34)(H,26,30)(H,24,31,33). The summed E-state index contributed by atoms with van der Waals surface area (Å²) < 4.78 is 1.28. The molecule has 2 heterocycles. The summed E-state index contributed by atoms with van der Waals surface area (Å²) in [6.07, 6.45) is 4.79. The first kappa shape index (κ1) is 25.3. The zero-order valence-corrected chi connectivity index (χ0v) is 20.1. The van der Waals surface area contributed by atoms with Crippen LogP contribution < -0.4 is 32.6 Å². The number of imide groups is 1. The number of nitrogens with two attached hydrogens (primary N) is 1. The van der Waals surface area contributed by atoms with E-state index in [2.05, 4.69) is 22.7 Å². The van der Waals surface area contributed by atoms with Crippen LogP contribution in [0.1, 0.15) is 65.7 Å². The van der Waals surface area contributed by atoms with Crippen molar-refractivity contribution in [2.75, 3.05) is 23.7 Å². The molecule has 2 fully saturated rings. The number of H-pyrrole nitrogens is 1. The average Bonchev–Trinajstić information content (AvgIpc) is 2.99. The number of amides is 4. The van der Waals surface area contributed by atoms with Crippen LogP contribution in [-0.4, -0.2) is 51.0 Å². The fourth-order valence-electron chi connectivity index (χ4n) is 4.61. The lowest BCUT2D eigenvalue weighted by Gasteiger charge is -2.33. The Kier molecular flexibility index (Phi) is 7.68. The zero-order chi connectivity index (χ0) is 25.0. The Morgan fingerprint density at radius 3 is 2.47 bits per heavy atom. The molecule has 5 N–H and O–H groups in total. The van der Waals surface area contributed by atoms with Gasteiger partial charge in [-0.15, -0.1) is 0 Å². The minimum Gasteiger partial charge on any atom is -0.383 e. The maximum absolute atomic E-state index is 13.0. The fourth-order valence-corrected chi connectivity index (χ4v) is 4.61. The number of nitrogens with one attached hydrogen (secondary N) is 3. The molecule has 1 aliphatic carbocycles. The number of aromatic nitrogens is 2. The highest BCUT2D eigenvalue weighted by Crippen LogP contribution is 2.35. The summed E-state index contributed by atoms with van der Waals surface area (Å²) in [6.45, 7) is 6.25. The highest BCUT2D eigenvalue weighted by molar-refractivity contribution is 6.08. The van der Waals surface area contributed by atoms with Gasteiger partial charge in [0.25, 0.3) is 17.4 Å². The number of nitrogen functional groups attached to an aromatic ring is 1. The van der Waals surface area contributed by atoms with Crippen molar-refractivity contribution in [3.63, 3.8) is 0 Å². The summed E-state index contributed by atoms with van der Waals surface area (Å²) in [6, 6.07) is -0.666. The van der Waals surface area contributed by atoms with Crippen LogP contribution in [0, 0.1) is 5.92 Å². The molecule has 1 aliphatic heterocycles. The smallest absolute Gasteiger partial charge is 0.344 e. The molecule has 0 unspecified atom stereocenters. The Bertz CT molecular complexity index is 1050. The van der Waals surface area contributed by atoms with Crippen molar-refractivity contribution >= 4 is 29.4 Å². The maximum atomic E-state index is 13.0. The molecule has 1 aromatic heterocycles. The number of hydrogen-bond donors (Lipinski definition) is 4. The van der Waals surface area contributed by atoms with Crippen LogP contribution >= 0.6 is 0 Å². The summed E-state index contributed by atoms with van der Waals surface area (Å²) in [5.41, 5.74) is 6.32. The van der Waals surface area contributed by atoms with E-state index in [0.717, 1.165) is 24.3 Å². The number of carbonyl (C=O) groups is 3. The molecule has 34 heavy (non-hydrogen) atoms. The second-order valence-corrected chi connectivity index (χ2v) is 9.29. The van der Waals surface area contributed by atoms with E-state index in [9.17, 15) is 24.0 Å². The number of hydrazine groups is 1. The van der Waals surface area contributed by atoms with E-state index in [1.807, 2.05) is 13.8 Å². The molecule has 12 heteroatoms. The third-order valence-electron chi connectivity index (χ3n) is 6.62. The first-order valence-corrected chi connectivity index (χ1v) is 12.0. The number of nitrogens with zero attached hydrogens (tertiary/aromatic N) is 3. The molecule has 1 saturated carbocycles. The van der Waals surface area contributed by atoms with Gasteiger partial charge < -0.3 is 16.0 Å². The molecule has 0 aromatic carbocycles. The molecule has 0 atom stereocenters. The Balaban J connectivity index is 1.79. The van der Waals surface area contributed by atoms with E-state index < -0.39 is 34.6 Å². The minimum atomic E-state index is -0.976. The first-order chi connectivity index (χ1) is 16.1. The predicted molar refractivity (Wildman–Crippen MR) is 127 cm³/mol. The number of unbranched alkanes of at least 4 members (excludes halogenated alkanes) is 1. The predicted octanol–water partition coefficient (Wildman–Crippen LogP) is 0.667. The van der Waals surface area contributed by atoms with Gasteiger partial charge in [0, 0.05) is 13.1 Å². The van der Waals surface area contributed by atoms with E-state index in [1.54, 1.807) is 0 Å². The minimum absolute atomic E-state index is 0.0163. The van der Waals surface area contributed by atoms with Gasteiger partial charge in [-0.05, 0) is 44.4 Å². The molecule has 12 nitrogen and oxygen atoms in total. The lowest BCUT2D eigenvalue weighted by molar-refractivity contribution is -0.139. The molecular formula is C22H35N7O5. The quantitative estimate of drug-likeness (QED) is 0.380. The third kappa shape index (κ3) is 4.95. The van der Waals surface area contributed by atoms with E-state index in [1.165, 1.54) is 9.47 Å². The van der Waals surface area contributed by atoms with Crippen molar-refractivity contribution in [3.8, 4) is 0 Å². The lowest BCUT2D eigenvalue weighted by Crippen LogP contribution is -2.53. The van der Waals surface area contributed by atoms with Crippen LogP contribution in [0.5, 0.6) is 0 Å².